The van der Waals surface area contributed by atoms with Crippen LogP contribution in [0.1, 0.15) is 0 Å². The van der Waals surface area contributed by atoms with Crippen LogP contribution in [0, 0.1) is 57.3 Å². The molecule has 0 aliphatic rings. The molecule has 0 spiro atoms. The number of nitriles is 3. The molecule has 0 saturated carbocycles. The van der Waals surface area contributed by atoms with Crippen LogP contribution in [0.2, 0.25) is 0 Å². The van der Waals surface area contributed by atoms with Crippen molar-refractivity contribution in [2.45, 2.75) is 0 Å². The van der Waals surface area contributed by atoms with E-state index in [4.69, 9.17) is 15.8 Å². The topological polar surface area (TPSA) is 97.7 Å². The van der Waals surface area contributed by atoms with Crippen LogP contribution in [-0.4, -0.2) is 13.1 Å². The summed E-state index contributed by atoms with van der Waals surface area (Å²) in [7, 11) is 0.786. The largest absolute Gasteiger partial charge is 0.465 e. The van der Waals surface area contributed by atoms with Crippen LogP contribution in [0.3, 0.4) is 0 Å². The monoisotopic (exact) mass is 309 g/mol. The van der Waals surface area contributed by atoms with Gasteiger partial charge in [0.25, 0.3) is 0 Å². The van der Waals surface area contributed by atoms with E-state index in [0.717, 1.165) is 25.3 Å². The highest BCUT2D eigenvalue weighted by atomic mass is 19.2. The van der Waals surface area contributed by atoms with Gasteiger partial charge in [0.05, 0.1) is 17.5 Å². The fourth-order valence-corrected chi connectivity index (χ4v) is 1.51. The maximum absolute atomic E-state index is 13.9. The van der Waals surface area contributed by atoms with E-state index in [-0.39, 0.29) is 0 Å². The highest BCUT2D eigenvalue weighted by molar-refractivity contribution is 6.15. The van der Waals surface area contributed by atoms with Gasteiger partial charge in [-0.25, -0.2) is 22.4 Å². The molecule has 1 aromatic rings. The molecule has 0 aromatic heterocycles. The first kappa shape index (κ1) is 16.7. The number of carbonyl (C=O) groups excluding carboxylic acids is 1. The maximum Gasteiger partial charge on any atom is 0.349 e. The summed E-state index contributed by atoms with van der Waals surface area (Å²) in [5.74, 6) is -9.87. The first-order valence-corrected chi connectivity index (χ1v) is 5.24. The quantitative estimate of drug-likeness (QED) is 0.422. The van der Waals surface area contributed by atoms with Gasteiger partial charge in [0, 0.05) is 0 Å². The van der Waals surface area contributed by atoms with Crippen molar-refractivity contribution in [1.29, 1.82) is 15.8 Å². The smallest absolute Gasteiger partial charge is 0.349 e. The Hall–Kier alpha value is -3.38. The van der Waals surface area contributed by atoms with Crippen molar-refractivity contribution in [1.82, 2.24) is 0 Å². The van der Waals surface area contributed by atoms with Gasteiger partial charge in [-0.3, -0.25) is 0 Å². The Morgan fingerprint density at radius 3 is 1.59 bits per heavy atom. The Bertz CT molecular complexity index is 866. The summed E-state index contributed by atoms with van der Waals surface area (Å²) in [4.78, 5) is 11.2. The van der Waals surface area contributed by atoms with E-state index in [1.165, 1.54) is 0 Å². The normalized spacial score (nSPS) is 9.18. The Morgan fingerprint density at radius 1 is 0.864 bits per heavy atom. The Kier molecular flexibility index (Phi) is 4.84. The number of nitrogens with zero attached hydrogens (tertiary/aromatic N) is 3. The van der Waals surface area contributed by atoms with Gasteiger partial charge in [0.1, 0.15) is 23.8 Å². The van der Waals surface area contributed by atoms with Gasteiger partial charge in [-0.05, 0) is 0 Å². The molecule has 110 valence electrons. The zero-order valence-electron chi connectivity index (χ0n) is 10.7. The van der Waals surface area contributed by atoms with Crippen molar-refractivity contribution < 1.29 is 27.1 Å². The molecular weight excluding hydrogens is 306 g/mol. The third-order valence-corrected chi connectivity index (χ3v) is 2.49. The fraction of sp³-hybridized carbons (Fsp3) is 0.0769. The van der Waals surface area contributed by atoms with Crippen LogP contribution >= 0.6 is 0 Å². The molecule has 0 aliphatic carbocycles. The average molecular weight is 309 g/mol. The zero-order valence-corrected chi connectivity index (χ0v) is 10.7. The Balaban J connectivity index is 4.29. The van der Waals surface area contributed by atoms with Crippen LogP contribution in [0.5, 0.6) is 0 Å². The molecule has 0 radical (unpaired) electrons. The van der Waals surface area contributed by atoms with E-state index in [0.29, 0.717) is 0 Å². The van der Waals surface area contributed by atoms with Crippen LogP contribution in [0.25, 0.3) is 11.1 Å². The standard InChI is InChI=1S/C13H3F4N3O2/c1-22-13(21)6(4-20)8-11(16)9(14)7(5(2-18)3-19)10(15)12(8)17/h1H3. The summed E-state index contributed by atoms with van der Waals surface area (Å²) in [6.07, 6.45) is 0. The summed E-state index contributed by atoms with van der Waals surface area (Å²) >= 11 is 0. The minimum Gasteiger partial charge on any atom is -0.465 e. The van der Waals surface area contributed by atoms with Crippen molar-refractivity contribution in [3.05, 3.63) is 33.7 Å². The molecule has 0 fully saturated rings. The van der Waals surface area contributed by atoms with E-state index < -0.39 is 50.8 Å². The van der Waals surface area contributed by atoms with Crippen molar-refractivity contribution in [2.75, 3.05) is 7.11 Å². The summed E-state index contributed by atoms with van der Waals surface area (Å²) in [6.45, 7) is 0. The lowest BCUT2D eigenvalue weighted by Crippen LogP contribution is -2.32. The van der Waals surface area contributed by atoms with E-state index in [1.807, 2.05) is 0 Å². The number of esters is 1. The molecule has 0 unspecified atom stereocenters. The molecule has 22 heavy (non-hydrogen) atoms. The van der Waals surface area contributed by atoms with Gasteiger partial charge < -0.3 is 4.74 Å². The lowest BCUT2D eigenvalue weighted by molar-refractivity contribution is -0.133. The summed E-state index contributed by atoms with van der Waals surface area (Å²) in [5.41, 5.74) is -2.52. The number of rotatable bonds is 1. The molecule has 0 N–H and O–H groups in total. The molecule has 0 amide bonds. The second kappa shape index (κ2) is 6.38. The predicted octanol–water partition coefficient (Wildman–Crippen LogP) is 0.288. The first-order chi connectivity index (χ1) is 10.3. The Labute approximate surface area is 120 Å². The fourth-order valence-electron chi connectivity index (χ4n) is 1.51. The summed E-state index contributed by atoms with van der Waals surface area (Å²) < 4.78 is 59.5. The van der Waals surface area contributed by atoms with Gasteiger partial charge in [0.15, 0.2) is 28.8 Å². The molecule has 1 aromatic carbocycles. The highest BCUT2D eigenvalue weighted by Gasteiger charge is 2.25. The average Bonchev–Trinajstić information content (AvgIpc) is 2.52. The Morgan fingerprint density at radius 2 is 1.27 bits per heavy atom. The molecule has 5 nitrogen and oxygen atoms in total. The number of hydrogen-bond donors (Lipinski definition) is 0. The molecule has 0 heterocycles. The number of ether oxygens (including phenoxy) is 1. The van der Waals surface area contributed by atoms with E-state index in [9.17, 15) is 22.4 Å². The third kappa shape index (κ3) is 2.46. The second-order valence-corrected chi connectivity index (χ2v) is 3.58. The number of methoxy groups -OCH3 is 1. The number of halogens is 4. The van der Waals surface area contributed by atoms with E-state index in [2.05, 4.69) is 4.74 Å². The number of hydrogen-bond acceptors (Lipinski definition) is 5. The van der Waals surface area contributed by atoms with Crippen LogP contribution in [0.15, 0.2) is 0 Å². The molecule has 0 aliphatic heterocycles. The van der Waals surface area contributed by atoms with Crippen molar-refractivity contribution in [3.8, 4) is 18.2 Å². The first-order valence-electron chi connectivity index (χ1n) is 5.24. The third-order valence-electron chi connectivity index (χ3n) is 2.49. The van der Waals surface area contributed by atoms with Gasteiger partial charge >= 0.3 is 5.97 Å². The molecule has 1 rings (SSSR count). The van der Waals surface area contributed by atoms with Crippen LogP contribution < -0.4 is 10.4 Å². The van der Waals surface area contributed by atoms with Gasteiger partial charge in [0.2, 0.25) is 0 Å². The van der Waals surface area contributed by atoms with Crippen molar-refractivity contribution in [3.63, 3.8) is 0 Å². The predicted molar refractivity (Wildman–Crippen MR) is 61.2 cm³/mol. The van der Waals surface area contributed by atoms with E-state index >= 15 is 0 Å². The van der Waals surface area contributed by atoms with Crippen molar-refractivity contribution >= 4 is 17.1 Å². The number of benzene rings is 1. The van der Waals surface area contributed by atoms with Gasteiger partial charge in [-0.2, -0.15) is 15.8 Å². The second-order valence-electron chi connectivity index (χ2n) is 3.58. The lowest BCUT2D eigenvalue weighted by atomic mass is 10.1. The van der Waals surface area contributed by atoms with Gasteiger partial charge in [-0.15, -0.1) is 0 Å². The molecule has 0 saturated heterocycles. The number of carbonyl (C=O) groups is 1. The van der Waals surface area contributed by atoms with Crippen LogP contribution in [-0.2, 0) is 9.53 Å². The molecule has 0 bridgehead atoms. The minimum absolute atomic E-state index is 0.786. The molecular formula is C13H3F4N3O2. The van der Waals surface area contributed by atoms with Gasteiger partial charge in [-0.1, -0.05) is 0 Å². The summed E-state index contributed by atoms with van der Waals surface area (Å²) in [5, 5.41) is 22.7. The highest BCUT2D eigenvalue weighted by Crippen LogP contribution is 2.07. The molecule has 9 heteroatoms. The lowest BCUT2D eigenvalue weighted by Gasteiger charge is -2.03. The maximum atomic E-state index is 13.9. The summed E-state index contributed by atoms with van der Waals surface area (Å²) in [6, 6.07) is 3.23. The molecule has 0 atom stereocenters. The SMILES string of the molecule is COC(=O)C(C#N)=c1c(F)c(F)c(=C(C#N)C#N)c(F)c1F. The zero-order chi connectivity index (χ0) is 17.0. The van der Waals surface area contributed by atoms with E-state index in [1.54, 1.807) is 0 Å². The minimum atomic E-state index is -2.10. The van der Waals surface area contributed by atoms with Crippen molar-refractivity contribution in [2.24, 2.45) is 0 Å². The van der Waals surface area contributed by atoms with Crippen LogP contribution in [0.4, 0.5) is 17.6 Å².